The van der Waals surface area contributed by atoms with Gasteiger partial charge < -0.3 is 4.90 Å². The Morgan fingerprint density at radius 3 is 2.32 bits per heavy atom. The highest BCUT2D eigenvalue weighted by Gasteiger charge is 2.25. The molecule has 1 aromatic carbocycles. The highest BCUT2D eigenvalue weighted by Crippen LogP contribution is 2.14. The Hall–Kier alpha value is -0.900. The third-order valence-corrected chi connectivity index (χ3v) is 4.16. The summed E-state index contributed by atoms with van der Waals surface area (Å²) in [7, 11) is 0. The third kappa shape index (κ3) is 3.56. The van der Waals surface area contributed by atoms with Crippen LogP contribution in [0.4, 0.5) is 0 Å². The van der Waals surface area contributed by atoms with E-state index in [1.165, 1.54) is 0 Å². The molecule has 0 N–H and O–H groups in total. The maximum atomic E-state index is 12.4. The summed E-state index contributed by atoms with van der Waals surface area (Å²) in [6.07, 6.45) is 0. The minimum absolute atomic E-state index is 0.0554. The Balaban J connectivity index is 1.98. The van der Waals surface area contributed by atoms with E-state index in [1.54, 1.807) is 12.1 Å². The lowest BCUT2D eigenvalue weighted by Crippen LogP contribution is -2.51. The number of piperazine rings is 1. The Labute approximate surface area is 120 Å². The molecule has 0 bridgehead atoms. The molecule has 1 saturated heterocycles. The summed E-state index contributed by atoms with van der Waals surface area (Å²) in [6.45, 7) is 9.30. The summed E-state index contributed by atoms with van der Waals surface area (Å²) in [5.41, 5.74) is 0.745. The minimum Gasteiger partial charge on any atom is -0.301 e. The fourth-order valence-corrected chi connectivity index (χ4v) is 2.61. The second-order valence-electron chi connectivity index (χ2n) is 5.02. The highest BCUT2D eigenvalue weighted by molar-refractivity contribution is 6.30. The van der Waals surface area contributed by atoms with Crippen molar-refractivity contribution in [3.05, 3.63) is 34.9 Å². The number of hydrogen-bond donors (Lipinski definition) is 0. The van der Waals surface area contributed by atoms with Crippen molar-refractivity contribution < 1.29 is 4.79 Å². The molecule has 1 aliphatic heterocycles. The number of carbonyl (C=O) groups excluding carboxylic acids is 1. The van der Waals surface area contributed by atoms with E-state index < -0.39 is 0 Å². The van der Waals surface area contributed by atoms with Gasteiger partial charge in [0.05, 0.1) is 6.04 Å². The van der Waals surface area contributed by atoms with Crippen molar-refractivity contribution in [1.82, 2.24) is 9.80 Å². The van der Waals surface area contributed by atoms with Gasteiger partial charge in [0.15, 0.2) is 5.78 Å². The number of halogens is 1. The molecule has 0 aromatic heterocycles. The Morgan fingerprint density at radius 1 is 1.21 bits per heavy atom. The molecule has 0 aliphatic carbocycles. The van der Waals surface area contributed by atoms with Gasteiger partial charge in [-0.3, -0.25) is 9.69 Å². The normalized spacial score (nSPS) is 19.3. The SMILES string of the molecule is CCN1CCN(C(C)C(=O)c2ccc(Cl)cc2)CC1. The van der Waals surface area contributed by atoms with Crippen LogP contribution in [-0.4, -0.2) is 54.3 Å². The van der Waals surface area contributed by atoms with Gasteiger partial charge in [0, 0.05) is 36.8 Å². The smallest absolute Gasteiger partial charge is 0.179 e. The minimum atomic E-state index is -0.0554. The van der Waals surface area contributed by atoms with Crippen LogP contribution in [0, 0.1) is 0 Å². The Bertz CT molecular complexity index is 424. The van der Waals surface area contributed by atoms with Gasteiger partial charge in [0.1, 0.15) is 0 Å². The summed E-state index contributed by atoms with van der Waals surface area (Å²) in [6, 6.07) is 7.11. The lowest BCUT2D eigenvalue weighted by atomic mass is 10.0. The van der Waals surface area contributed by atoms with E-state index in [0.717, 1.165) is 38.3 Å². The summed E-state index contributed by atoms with van der Waals surface area (Å²) >= 11 is 5.85. The van der Waals surface area contributed by atoms with E-state index in [-0.39, 0.29) is 11.8 Å². The van der Waals surface area contributed by atoms with Gasteiger partial charge >= 0.3 is 0 Å². The van der Waals surface area contributed by atoms with E-state index in [1.807, 2.05) is 19.1 Å². The summed E-state index contributed by atoms with van der Waals surface area (Å²) < 4.78 is 0. The van der Waals surface area contributed by atoms with Crippen molar-refractivity contribution in [1.29, 1.82) is 0 Å². The molecule has 1 unspecified atom stereocenters. The van der Waals surface area contributed by atoms with Crippen molar-refractivity contribution in [3.63, 3.8) is 0 Å². The number of hydrogen-bond acceptors (Lipinski definition) is 3. The molecule has 1 aliphatic rings. The van der Waals surface area contributed by atoms with Crippen LogP contribution < -0.4 is 0 Å². The average Bonchev–Trinajstić information content (AvgIpc) is 2.46. The Kier molecular flexibility index (Phi) is 4.97. The molecule has 0 saturated carbocycles. The first kappa shape index (κ1) is 14.5. The van der Waals surface area contributed by atoms with Crippen molar-refractivity contribution >= 4 is 17.4 Å². The molecule has 2 rings (SSSR count). The first-order chi connectivity index (χ1) is 9.11. The zero-order valence-corrected chi connectivity index (χ0v) is 12.4. The second-order valence-corrected chi connectivity index (χ2v) is 5.45. The van der Waals surface area contributed by atoms with Crippen LogP contribution in [0.5, 0.6) is 0 Å². The van der Waals surface area contributed by atoms with Crippen LogP contribution in [0.15, 0.2) is 24.3 Å². The number of carbonyl (C=O) groups is 1. The van der Waals surface area contributed by atoms with E-state index in [0.29, 0.717) is 5.02 Å². The summed E-state index contributed by atoms with van der Waals surface area (Å²) in [5, 5.41) is 0.667. The van der Waals surface area contributed by atoms with E-state index >= 15 is 0 Å². The first-order valence-corrected chi connectivity index (χ1v) is 7.25. The molecule has 19 heavy (non-hydrogen) atoms. The number of nitrogens with zero attached hydrogens (tertiary/aromatic N) is 2. The predicted molar refractivity (Wildman–Crippen MR) is 78.9 cm³/mol. The van der Waals surface area contributed by atoms with E-state index in [9.17, 15) is 4.79 Å². The quantitative estimate of drug-likeness (QED) is 0.792. The number of likely N-dealkylation sites (N-methyl/N-ethyl adjacent to an activating group) is 1. The van der Waals surface area contributed by atoms with Gasteiger partial charge in [-0.1, -0.05) is 18.5 Å². The van der Waals surface area contributed by atoms with Gasteiger partial charge in [0.25, 0.3) is 0 Å². The fraction of sp³-hybridized carbons (Fsp3) is 0.533. The van der Waals surface area contributed by atoms with Crippen molar-refractivity contribution in [2.24, 2.45) is 0 Å². The fourth-order valence-electron chi connectivity index (χ4n) is 2.49. The predicted octanol–water partition coefficient (Wildman–Crippen LogP) is 2.55. The number of benzene rings is 1. The standard InChI is InChI=1S/C15H21ClN2O/c1-3-17-8-10-18(11-9-17)12(2)15(19)13-4-6-14(16)7-5-13/h4-7,12H,3,8-11H2,1-2H3. The van der Waals surface area contributed by atoms with Crippen LogP contribution >= 0.6 is 11.6 Å². The van der Waals surface area contributed by atoms with Crippen LogP contribution in [0.25, 0.3) is 0 Å². The third-order valence-electron chi connectivity index (χ3n) is 3.91. The van der Waals surface area contributed by atoms with Gasteiger partial charge in [0.2, 0.25) is 0 Å². The summed E-state index contributed by atoms with van der Waals surface area (Å²) in [5.74, 6) is 0.182. The maximum absolute atomic E-state index is 12.4. The van der Waals surface area contributed by atoms with Gasteiger partial charge in [-0.2, -0.15) is 0 Å². The van der Waals surface area contributed by atoms with Crippen molar-refractivity contribution in [3.8, 4) is 0 Å². The lowest BCUT2D eigenvalue weighted by molar-refractivity contribution is 0.0710. The second kappa shape index (κ2) is 6.51. The lowest BCUT2D eigenvalue weighted by Gasteiger charge is -2.37. The zero-order valence-electron chi connectivity index (χ0n) is 11.6. The monoisotopic (exact) mass is 280 g/mol. The van der Waals surface area contributed by atoms with E-state index in [4.69, 9.17) is 11.6 Å². The van der Waals surface area contributed by atoms with Crippen molar-refractivity contribution in [2.45, 2.75) is 19.9 Å². The molecule has 1 heterocycles. The topological polar surface area (TPSA) is 23.6 Å². The van der Waals surface area contributed by atoms with Gasteiger partial charge in [-0.05, 0) is 37.7 Å². The van der Waals surface area contributed by atoms with Crippen LogP contribution in [0.3, 0.4) is 0 Å². The zero-order chi connectivity index (χ0) is 13.8. The van der Waals surface area contributed by atoms with Crippen molar-refractivity contribution in [2.75, 3.05) is 32.7 Å². The summed E-state index contributed by atoms with van der Waals surface area (Å²) in [4.78, 5) is 17.1. The first-order valence-electron chi connectivity index (χ1n) is 6.88. The van der Waals surface area contributed by atoms with Gasteiger partial charge in [-0.25, -0.2) is 0 Å². The largest absolute Gasteiger partial charge is 0.301 e. The van der Waals surface area contributed by atoms with E-state index in [2.05, 4.69) is 16.7 Å². The number of ketones is 1. The molecule has 3 nitrogen and oxygen atoms in total. The van der Waals surface area contributed by atoms with Crippen LogP contribution in [0.2, 0.25) is 5.02 Å². The molecule has 1 fully saturated rings. The molecule has 1 atom stereocenters. The molecule has 0 radical (unpaired) electrons. The van der Waals surface area contributed by atoms with Gasteiger partial charge in [-0.15, -0.1) is 0 Å². The van der Waals surface area contributed by atoms with Crippen LogP contribution in [0.1, 0.15) is 24.2 Å². The molecule has 0 spiro atoms. The average molecular weight is 281 g/mol. The molecular weight excluding hydrogens is 260 g/mol. The van der Waals surface area contributed by atoms with Crippen LogP contribution in [-0.2, 0) is 0 Å². The molecule has 0 amide bonds. The highest BCUT2D eigenvalue weighted by atomic mass is 35.5. The number of Topliss-reactive ketones (excluding diaryl/α,β-unsaturated/α-hetero) is 1. The molecule has 1 aromatic rings. The molecule has 4 heteroatoms. The molecular formula is C15H21ClN2O. The Morgan fingerprint density at radius 2 is 1.79 bits per heavy atom. The number of rotatable bonds is 4. The molecule has 104 valence electrons. The maximum Gasteiger partial charge on any atom is 0.179 e.